The average Bonchev–Trinajstić information content (AvgIpc) is 3.36. The third-order valence-electron chi connectivity index (χ3n) is 6.23. The predicted molar refractivity (Wildman–Crippen MR) is 114 cm³/mol. The van der Waals surface area contributed by atoms with Gasteiger partial charge in [-0.25, -0.2) is 15.0 Å². The van der Waals surface area contributed by atoms with Crippen molar-refractivity contribution in [2.45, 2.75) is 50.5 Å². The number of aromatic nitrogens is 4. The summed E-state index contributed by atoms with van der Waals surface area (Å²) in [5, 5.41) is 3.23. The molecule has 10 heteroatoms. The molecule has 2 bridgehead atoms. The van der Waals surface area contributed by atoms with E-state index in [1.54, 1.807) is 30.7 Å². The van der Waals surface area contributed by atoms with Crippen molar-refractivity contribution in [3.8, 4) is 11.5 Å². The SMILES string of the molecule is Cc1cnc(-c2ncccn2)c(C(=O)N2C3CCC2C(Nc2ccc(C(F)(F)F)cn2)C3)c1. The molecule has 2 fully saturated rings. The summed E-state index contributed by atoms with van der Waals surface area (Å²) in [6, 6.07) is 5.71. The van der Waals surface area contributed by atoms with Gasteiger partial charge in [-0.15, -0.1) is 0 Å². The number of carbonyl (C=O) groups is 1. The summed E-state index contributed by atoms with van der Waals surface area (Å²) in [4.78, 5) is 32.4. The van der Waals surface area contributed by atoms with Gasteiger partial charge in [-0.2, -0.15) is 13.2 Å². The lowest BCUT2D eigenvalue weighted by Crippen LogP contribution is -2.40. The van der Waals surface area contributed by atoms with E-state index in [4.69, 9.17) is 0 Å². The molecule has 3 aromatic rings. The highest BCUT2D eigenvalue weighted by Gasteiger charge is 2.49. The Labute approximate surface area is 188 Å². The number of carbonyl (C=O) groups excluding carboxylic acids is 1. The van der Waals surface area contributed by atoms with Gasteiger partial charge in [0.15, 0.2) is 5.82 Å². The lowest BCUT2D eigenvalue weighted by atomic mass is 9.95. The van der Waals surface area contributed by atoms with Gasteiger partial charge >= 0.3 is 6.18 Å². The Kier molecular flexibility index (Phi) is 5.22. The molecule has 0 aromatic carbocycles. The fraction of sp³-hybridized carbons (Fsp3) is 0.348. The highest BCUT2D eigenvalue weighted by atomic mass is 19.4. The van der Waals surface area contributed by atoms with Crippen molar-refractivity contribution in [2.75, 3.05) is 5.32 Å². The van der Waals surface area contributed by atoms with E-state index in [0.717, 1.165) is 30.7 Å². The number of halogens is 3. The van der Waals surface area contributed by atoms with E-state index < -0.39 is 11.7 Å². The molecule has 170 valence electrons. The predicted octanol–water partition coefficient (Wildman–Crippen LogP) is 4.12. The first-order chi connectivity index (χ1) is 15.8. The first-order valence-corrected chi connectivity index (χ1v) is 10.7. The van der Waals surface area contributed by atoms with Crippen LogP contribution in [0.4, 0.5) is 19.0 Å². The summed E-state index contributed by atoms with van der Waals surface area (Å²) < 4.78 is 38.4. The number of alkyl halides is 3. The minimum Gasteiger partial charge on any atom is -0.365 e. The van der Waals surface area contributed by atoms with Gasteiger partial charge in [0.25, 0.3) is 5.91 Å². The summed E-state index contributed by atoms with van der Waals surface area (Å²) in [5.41, 5.74) is 0.950. The zero-order valence-electron chi connectivity index (χ0n) is 17.8. The van der Waals surface area contributed by atoms with Crippen molar-refractivity contribution >= 4 is 11.7 Å². The number of nitrogens with one attached hydrogen (secondary N) is 1. The standard InChI is InChI=1S/C23H21F3N6O/c1-13-9-16(20(30-11-13)21-27-7-2-8-28-21)22(33)32-15-4-5-18(32)17(10-15)31-19-6-3-14(12-29-19)23(24,25)26/h2-3,6-9,11-12,15,17-18H,4-5,10H2,1H3,(H,29,31). The minimum absolute atomic E-state index is 0.0412. The molecule has 3 atom stereocenters. The van der Waals surface area contributed by atoms with Crippen LogP contribution in [0.15, 0.2) is 49.1 Å². The second-order valence-electron chi connectivity index (χ2n) is 8.41. The fourth-order valence-electron chi connectivity index (χ4n) is 4.77. The molecule has 0 aliphatic carbocycles. The molecule has 3 aromatic heterocycles. The summed E-state index contributed by atoms with van der Waals surface area (Å²) >= 11 is 0. The number of aryl methyl sites for hydroxylation is 1. The maximum atomic E-state index is 13.7. The number of amides is 1. The number of hydrogen-bond donors (Lipinski definition) is 1. The van der Waals surface area contributed by atoms with Crippen molar-refractivity contribution in [1.29, 1.82) is 0 Å². The van der Waals surface area contributed by atoms with Crippen molar-refractivity contribution < 1.29 is 18.0 Å². The van der Waals surface area contributed by atoms with E-state index in [9.17, 15) is 18.0 Å². The average molecular weight is 454 g/mol. The first kappa shape index (κ1) is 21.3. The van der Waals surface area contributed by atoms with E-state index in [2.05, 4.69) is 25.3 Å². The summed E-state index contributed by atoms with van der Waals surface area (Å²) in [6.45, 7) is 1.87. The van der Waals surface area contributed by atoms with Gasteiger partial charge < -0.3 is 10.2 Å². The van der Waals surface area contributed by atoms with Gasteiger partial charge in [-0.05, 0) is 56.0 Å². The van der Waals surface area contributed by atoms with Crippen molar-refractivity contribution in [3.63, 3.8) is 0 Å². The van der Waals surface area contributed by atoms with Crippen molar-refractivity contribution in [1.82, 2.24) is 24.8 Å². The molecule has 0 saturated carbocycles. The zero-order valence-corrected chi connectivity index (χ0v) is 17.8. The molecule has 33 heavy (non-hydrogen) atoms. The van der Waals surface area contributed by atoms with E-state index in [-0.39, 0.29) is 24.0 Å². The summed E-state index contributed by atoms with van der Waals surface area (Å²) in [6.07, 6.45) is 3.68. The monoisotopic (exact) mass is 454 g/mol. The van der Waals surface area contributed by atoms with Crippen LogP contribution in [0.2, 0.25) is 0 Å². The Hall–Kier alpha value is -3.56. The fourth-order valence-corrected chi connectivity index (χ4v) is 4.77. The van der Waals surface area contributed by atoms with E-state index in [1.165, 1.54) is 6.07 Å². The third kappa shape index (κ3) is 4.01. The zero-order chi connectivity index (χ0) is 23.2. The Balaban J connectivity index is 1.39. The van der Waals surface area contributed by atoms with Gasteiger partial charge in [0, 0.05) is 36.9 Å². The number of nitrogens with zero attached hydrogens (tertiary/aromatic N) is 5. The molecule has 7 nitrogen and oxygen atoms in total. The van der Waals surface area contributed by atoms with E-state index >= 15 is 0 Å². The highest BCUT2D eigenvalue weighted by molar-refractivity contribution is 6.00. The smallest absolute Gasteiger partial charge is 0.365 e. The molecule has 1 N–H and O–H groups in total. The highest BCUT2D eigenvalue weighted by Crippen LogP contribution is 2.41. The number of pyridine rings is 2. The molecule has 3 unspecified atom stereocenters. The second-order valence-corrected chi connectivity index (χ2v) is 8.41. The minimum atomic E-state index is -4.43. The largest absolute Gasteiger partial charge is 0.417 e. The van der Waals surface area contributed by atoms with Gasteiger partial charge in [-0.3, -0.25) is 9.78 Å². The van der Waals surface area contributed by atoms with Crippen LogP contribution < -0.4 is 5.32 Å². The molecule has 0 spiro atoms. The van der Waals surface area contributed by atoms with Crippen LogP contribution in [0.25, 0.3) is 11.5 Å². The van der Waals surface area contributed by atoms with Crippen LogP contribution in [0.1, 0.15) is 40.7 Å². The lowest BCUT2D eigenvalue weighted by Gasteiger charge is -2.26. The Morgan fingerprint density at radius 2 is 1.88 bits per heavy atom. The molecule has 0 radical (unpaired) electrons. The number of anilines is 1. The molecule has 2 aliphatic rings. The topological polar surface area (TPSA) is 83.9 Å². The van der Waals surface area contributed by atoms with Crippen LogP contribution in [0.3, 0.4) is 0 Å². The van der Waals surface area contributed by atoms with Crippen LogP contribution >= 0.6 is 0 Å². The van der Waals surface area contributed by atoms with Gasteiger partial charge in [0.2, 0.25) is 0 Å². The number of fused-ring (bicyclic) bond motifs is 2. The van der Waals surface area contributed by atoms with Crippen LogP contribution in [0.5, 0.6) is 0 Å². The number of hydrogen-bond acceptors (Lipinski definition) is 6. The molecular weight excluding hydrogens is 433 g/mol. The second kappa shape index (κ2) is 8.09. The molecule has 5 rings (SSSR count). The maximum Gasteiger partial charge on any atom is 0.417 e. The lowest BCUT2D eigenvalue weighted by molar-refractivity contribution is -0.137. The Morgan fingerprint density at radius 1 is 1.09 bits per heavy atom. The normalized spacial score (nSPS) is 21.9. The molecule has 1 amide bonds. The van der Waals surface area contributed by atoms with Crippen molar-refractivity contribution in [3.05, 3.63) is 65.7 Å². The maximum absolute atomic E-state index is 13.7. The molecule has 5 heterocycles. The van der Waals surface area contributed by atoms with Gasteiger partial charge in [0.1, 0.15) is 11.5 Å². The van der Waals surface area contributed by atoms with E-state index in [1.807, 2.05) is 11.8 Å². The molecular formula is C23H21F3N6O. The third-order valence-corrected chi connectivity index (χ3v) is 6.23. The van der Waals surface area contributed by atoms with Crippen LogP contribution in [-0.2, 0) is 6.18 Å². The van der Waals surface area contributed by atoms with Crippen molar-refractivity contribution in [2.24, 2.45) is 0 Å². The van der Waals surface area contributed by atoms with Crippen LogP contribution in [-0.4, -0.2) is 48.9 Å². The quantitative estimate of drug-likeness (QED) is 0.639. The number of rotatable bonds is 4. The first-order valence-electron chi connectivity index (χ1n) is 10.7. The summed E-state index contributed by atoms with van der Waals surface area (Å²) in [5.74, 6) is 0.616. The van der Waals surface area contributed by atoms with Gasteiger partial charge in [0.05, 0.1) is 17.2 Å². The summed E-state index contributed by atoms with van der Waals surface area (Å²) in [7, 11) is 0. The molecule has 2 aliphatic heterocycles. The molecule has 2 saturated heterocycles. The van der Waals surface area contributed by atoms with Crippen LogP contribution in [0, 0.1) is 6.92 Å². The Bertz CT molecular complexity index is 1170. The van der Waals surface area contributed by atoms with E-state index in [0.29, 0.717) is 29.3 Å². The van der Waals surface area contributed by atoms with Gasteiger partial charge in [-0.1, -0.05) is 0 Å². The Morgan fingerprint density at radius 3 is 2.58 bits per heavy atom.